The number of rotatable bonds is 3. The second kappa shape index (κ2) is 6.79. The average molecular weight is 371 g/mol. The molecule has 27 heavy (non-hydrogen) atoms. The molecule has 0 radical (unpaired) electrons. The quantitative estimate of drug-likeness (QED) is 0.900. The SMILES string of the molecule is Cc1ccc(-n2nc(C(=O)N3CCCC(C(=O)O)C3)c3c2CCC3)c(F)c1. The van der Waals surface area contributed by atoms with Crippen molar-refractivity contribution in [3.63, 3.8) is 0 Å². The third-order valence-electron chi connectivity index (χ3n) is 5.52. The monoisotopic (exact) mass is 371 g/mol. The van der Waals surface area contributed by atoms with Gasteiger partial charge >= 0.3 is 5.97 Å². The number of aryl methyl sites for hydroxylation is 1. The summed E-state index contributed by atoms with van der Waals surface area (Å²) < 4.78 is 16.0. The highest BCUT2D eigenvalue weighted by Crippen LogP contribution is 2.30. The highest BCUT2D eigenvalue weighted by Gasteiger charge is 2.33. The largest absolute Gasteiger partial charge is 0.481 e. The number of carbonyl (C=O) groups excluding carboxylic acids is 1. The van der Waals surface area contributed by atoms with Crippen LogP contribution in [0.3, 0.4) is 0 Å². The molecule has 1 unspecified atom stereocenters. The molecule has 1 saturated heterocycles. The molecule has 1 fully saturated rings. The van der Waals surface area contributed by atoms with Crippen molar-refractivity contribution in [2.45, 2.75) is 39.0 Å². The Bertz CT molecular complexity index is 921. The minimum absolute atomic E-state index is 0.203. The first kappa shape index (κ1) is 17.7. The number of aromatic nitrogens is 2. The summed E-state index contributed by atoms with van der Waals surface area (Å²) in [6.45, 7) is 2.56. The van der Waals surface area contributed by atoms with Gasteiger partial charge in [-0.1, -0.05) is 6.07 Å². The summed E-state index contributed by atoms with van der Waals surface area (Å²) in [6, 6.07) is 4.97. The molecular formula is C20H22FN3O3. The van der Waals surface area contributed by atoms with Gasteiger partial charge in [0.15, 0.2) is 5.69 Å². The van der Waals surface area contributed by atoms with Crippen LogP contribution in [0.5, 0.6) is 0 Å². The molecule has 1 aliphatic carbocycles. The highest BCUT2D eigenvalue weighted by molar-refractivity contribution is 5.94. The summed E-state index contributed by atoms with van der Waals surface area (Å²) in [5.41, 5.74) is 3.27. The van der Waals surface area contributed by atoms with Crippen LogP contribution in [0.2, 0.25) is 0 Å². The van der Waals surface area contributed by atoms with Crippen LogP contribution < -0.4 is 0 Å². The number of nitrogens with zero attached hydrogens (tertiary/aromatic N) is 3. The van der Waals surface area contributed by atoms with E-state index in [2.05, 4.69) is 5.10 Å². The van der Waals surface area contributed by atoms with Gasteiger partial charge in [-0.15, -0.1) is 0 Å². The van der Waals surface area contributed by atoms with E-state index in [0.717, 1.165) is 36.1 Å². The minimum atomic E-state index is -0.870. The molecule has 1 atom stereocenters. The number of hydrogen-bond donors (Lipinski definition) is 1. The van der Waals surface area contributed by atoms with Crippen LogP contribution in [0, 0.1) is 18.7 Å². The second-order valence-electron chi connectivity index (χ2n) is 7.42. The van der Waals surface area contributed by atoms with Gasteiger partial charge in [0.1, 0.15) is 11.5 Å². The Morgan fingerprint density at radius 3 is 2.81 bits per heavy atom. The van der Waals surface area contributed by atoms with Crippen LogP contribution in [-0.2, 0) is 17.6 Å². The Morgan fingerprint density at radius 1 is 1.26 bits per heavy atom. The molecule has 0 bridgehead atoms. The zero-order chi connectivity index (χ0) is 19.1. The van der Waals surface area contributed by atoms with Crippen LogP contribution in [0.25, 0.3) is 5.69 Å². The second-order valence-corrected chi connectivity index (χ2v) is 7.42. The smallest absolute Gasteiger partial charge is 0.308 e. The standard InChI is InChI=1S/C20H22FN3O3/c1-12-7-8-17(15(21)10-12)24-16-6-2-5-14(16)18(22-24)19(25)23-9-3-4-13(11-23)20(26)27/h7-8,10,13H,2-6,9,11H2,1H3,(H,26,27). The average Bonchev–Trinajstić information content (AvgIpc) is 3.24. The van der Waals surface area contributed by atoms with E-state index in [-0.39, 0.29) is 18.3 Å². The van der Waals surface area contributed by atoms with Crippen molar-refractivity contribution in [2.24, 2.45) is 5.92 Å². The number of benzene rings is 1. The molecule has 2 heterocycles. The fourth-order valence-corrected chi connectivity index (χ4v) is 4.11. The summed E-state index contributed by atoms with van der Waals surface area (Å²) in [5, 5.41) is 13.7. The van der Waals surface area contributed by atoms with Gasteiger partial charge in [-0.25, -0.2) is 9.07 Å². The van der Waals surface area contributed by atoms with Gasteiger partial charge in [-0.3, -0.25) is 9.59 Å². The van der Waals surface area contributed by atoms with Gasteiger partial charge in [-0.2, -0.15) is 5.10 Å². The van der Waals surface area contributed by atoms with E-state index in [4.69, 9.17) is 0 Å². The van der Waals surface area contributed by atoms with Crippen LogP contribution in [0.4, 0.5) is 4.39 Å². The zero-order valence-corrected chi connectivity index (χ0v) is 15.2. The predicted molar refractivity (Wildman–Crippen MR) is 96.5 cm³/mol. The fourth-order valence-electron chi connectivity index (χ4n) is 4.11. The van der Waals surface area contributed by atoms with Crippen molar-refractivity contribution in [2.75, 3.05) is 13.1 Å². The molecule has 6 nitrogen and oxygen atoms in total. The highest BCUT2D eigenvalue weighted by atomic mass is 19.1. The molecule has 7 heteroatoms. The lowest BCUT2D eigenvalue weighted by molar-refractivity contribution is -0.143. The van der Waals surface area contributed by atoms with E-state index in [1.54, 1.807) is 15.6 Å². The van der Waals surface area contributed by atoms with Crippen LogP contribution >= 0.6 is 0 Å². The van der Waals surface area contributed by atoms with E-state index in [0.29, 0.717) is 30.8 Å². The number of piperidine rings is 1. The minimum Gasteiger partial charge on any atom is -0.481 e. The van der Waals surface area contributed by atoms with Gasteiger partial charge in [0.2, 0.25) is 0 Å². The molecular weight excluding hydrogens is 349 g/mol. The first-order valence-electron chi connectivity index (χ1n) is 9.35. The Morgan fingerprint density at radius 2 is 2.07 bits per heavy atom. The topological polar surface area (TPSA) is 75.4 Å². The number of amides is 1. The summed E-state index contributed by atoms with van der Waals surface area (Å²) in [6.07, 6.45) is 3.64. The van der Waals surface area contributed by atoms with E-state index in [1.165, 1.54) is 6.07 Å². The van der Waals surface area contributed by atoms with Gasteiger partial charge < -0.3 is 10.0 Å². The maximum Gasteiger partial charge on any atom is 0.308 e. The Kier molecular flexibility index (Phi) is 4.45. The van der Waals surface area contributed by atoms with Crippen LogP contribution in [0.15, 0.2) is 18.2 Å². The van der Waals surface area contributed by atoms with Gasteiger partial charge in [0.25, 0.3) is 5.91 Å². The van der Waals surface area contributed by atoms with E-state index < -0.39 is 11.9 Å². The first-order valence-corrected chi connectivity index (χ1v) is 9.35. The van der Waals surface area contributed by atoms with Crippen molar-refractivity contribution < 1.29 is 19.1 Å². The van der Waals surface area contributed by atoms with Crippen molar-refractivity contribution in [3.8, 4) is 5.69 Å². The number of likely N-dealkylation sites (tertiary alicyclic amines) is 1. The number of aliphatic carboxylic acids is 1. The lowest BCUT2D eigenvalue weighted by Crippen LogP contribution is -2.42. The Labute approximate surface area is 156 Å². The molecule has 2 aliphatic rings. The third-order valence-corrected chi connectivity index (χ3v) is 5.52. The van der Waals surface area contributed by atoms with Crippen LogP contribution in [-0.4, -0.2) is 44.8 Å². The van der Waals surface area contributed by atoms with Crippen molar-refractivity contribution in [1.29, 1.82) is 0 Å². The molecule has 2 aromatic rings. The summed E-state index contributed by atoms with van der Waals surface area (Å²) >= 11 is 0. The number of carbonyl (C=O) groups is 2. The summed E-state index contributed by atoms with van der Waals surface area (Å²) in [4.78, 5) is 26.0. The molecule has 1 aromatic heterocycles. The van der Waals surface area contributed by atoms with E-state index >= 15 is 0 Å². The number of hydrogen-bond acceptors (Lipinski definition) is 3. The number of halogens is 1. The summed E-state index contributed by atoms with van der Waals surface area (Å²) in [5.74, 6) is -2.02. The number of fused-ring (bicyclic) bond motifs is 1. The molecule has 1 amide bonds. The molecule has 0 spiro atoms. The van der Waals surface area contributed by atoms with Gasteiger partial charge in [0, 0.05) is 24.3 Å². The maximum atomic E-state index is 14.5. The molecule has 1 aromatic carbocycles. The van der Waals surface area contributed by atoms with E-state index in [1.807, 2.05) is 13.0 Å². The lowest BCUT2D eigenvalue weighted by Gasteiger charge is -2.30. The van der Waals surface area contributed by atoms with Crippen molar-refractivity contribution >= 4 is 11.9 Å². The van der Waals surface area contributed by atoms with Crippen LogP contribution in [0.1, 0.15) is 46.6 Å². The third kappa shape index (κ3) is 3.11. The fraction of sp³-hybridized carbons (Fsp3) is 0.450. The molecule has 4 rings (SSSR count). The molecule has 1 aliphatic heterocycles. The number of carboxylic acid groups (broad SMARTS) is 1. The maximum absolute atomic E-state index is 14.5. The van der Waals surface area contributed by atoms with Crippen molar-refractivity contribution in [1.82, 2.24) is 14.7 Å². The van der Waals surface area contributed by atoms with E-state index in [9.17, 15) is 19.1 Å². The van der Waals surface area contributed by atoms with Crippen molar-refractivity contribution in [3.05, 3.63) is 46.5 Å². The molecule has 1 N–H and O–H groups in total. The molecule has 0 saturated carbocycles. The first-order chi connectivity index (χ1) is 13.0. The summed E-state index contributed by atoms with van der Waals surface area (Å²) in [7, 11) is 0. The zero-order valence-electron chi connectivity index (χ0n) is 15.2. The van der Waals surface area contributed by atoms with Gasteiger partial charge in [0.05, 0.1) is 5.92 Å². The normalized spacial score (nSPS) is 19.2. The lowest BCUT2D eigenvalue weighted by atomic mass is 9.98. The molecule has 142 valence electrons. The van der Waals surface area contributed by atoms with Gasteiger partial charge in [-0.05, 0) is 56.7 Å². The Hall–Kier alpha value is -2.70. The number of carboxylic acids is 1. The Balaban J connectivity index is 1.70. The predicted octanol–water partition coefficient (Wildman–Crippen LogP) is 2.75.